The quantitative estimate of drug-likeness (QED) is 0.609. The van der Waals surface area contributed by atoms with Crippen LogP contribution in [0.2, 0.25) is 0 Å². The summed E-state index contributed by atoms with van der Waals surface area (Å²) in [5.74, 6) is -0.515. The molecule has 1 aromatic carbocycles. The molecule has 7 nitrogen and oxygen atoms in total. The maximum absolute atomic E-state index is 12.3. The van der Waals surface area contributed by atoms with Gasteiger partial charge in [-0.3, -0.25) is 14.4 Å². The van der Waals surface area contributed by atoms with Gasteiger partial charge in [-0.25, -0.2) is 0 Å². The average Bonchev–Trinajstić information content (AvgIpc) is 3.40. The molecule has 25 heavy (non-hydrogen) atoms. The van der Waals surface area contributed by atoms with Crippen molar-refractivity contribution in [2.75, 3.05) is 13.2 Å². The number of amides is 3. The Morgan fingerprint density at radius 1 is 1.12 bits per heavy atom. The zero-order chi connectivity index (χ0) is 18.2. The standard InChI is InChI=1S/C18H25N3O4/c1-12(2)17(18(24)19-10-15(22)20-13-8-9-13)21-16(23)11-25-14-6-4-3-5-7-14/h3-7,12-13,17H,8-11H2,1-2H3,(H,19,24)(H,20,22)(H,21,23)/t17-/m0/s1. The first-order chi connectivity index (χ1) is 12.0. The van der Waals surface area contributed by atoms with Gasteiger partial charge in [0.1, 0.15) is 11.8 Å². The van der Waals surface area contributed by atoms with Gasteiger partial charge in [0, 0.05) is 6.04 Å². The predicted octanol–water partition coefficient (Wildman–Crippen LogP) is 0.601. The number of nitrogens with one attached hydrogen (secondary N) is 3. The Labute approximate surface area is 147 Å². The van der Waals surface area contributed by atoms with Crippen LogP contribution in [-0.4, -0.2) is 43.0 Å². The molecule has 0 aliphatic heterocycles. The summed E-state index contributed by atoms with van der Waals surface area (Å²) in [6.07, 6.45) is 1.98. The lowest BCUT2D eigenvalue weighted by atomic mass is 10.0. The zero-order valence-electron chi connectivity index (χ0n) is 14.6. The summed E-state index contributed by atoms with van der Waals surface area (Å²) in [5.41, 5.74) is 0. The molecule has 1 saturated carbocycles. The fourth-order valence-corrected chi connectivity index (χ4v) is 2.20. The molecule has 0 heterocycles. The van der Waals surface area contributed by atoms with E-state index < -0.39 is 6.04 Å². The van der Waals surface area contributed by atoms with E-state index in [4.69, 9.17) is 4.74 Å². The Morgan fingerprint density at radius 3 is 2.40 bits per heavy atom. The predicted molar refractivity (Wildman–Crippen MR) is 92.9 cm³/mol. The van der Waals surface area contributed by atoms with Crippen molar-refractivity contribution in [1.29, 1.82) is 0 Å². The van der Waals surface area contributed by atoms with Crippen molar-refractivity contribution < 1.29 is 19.1 Å². The molecule has 1 aromatic rings. The molecule has 0 aromatic heterocycles. The Kier molecular flexibility index (Phi) is 6.80. The van der Waals surface area contributed by atoms with E-state index in [0.29, 0.717) is 5.75 Å². The summed E-state index contributed by atoms with van der Waals surface area (Å²) in [6, 6.07) is 8.50. The van der Waals surface area contributed by atoms with Crippen LogP contribution in [0.15, 0.2) is 30.3 Å². The van der Waals surface area contributed by atoms with Gasteiger partial charge in [-0.2, -0.15) is 0 Å². The number of ether oxygens (including phenoxy) is 1. The van der Waals surface area contributed by atoms with Gasteiger partial charge in [-0.1, -0.05) is 32.0 Å². The van der Waals surface area contributed by atoms with Crippen LogP contribution in [0, 0.1) is 5.92 Å². The van der Waals surface area contributed by atoms with Crippen molar-refractivity contribution in [1.82, 2.24) is 16.0 Å². The van der Waals surface area contributed by atoms with Crippen molar-refractivity contribution in [2.24, 2.45) is 5.92 Å². The summed E-state index contributed by atoms with van der Waals surface area (Å²) in [4.78, 5) is 35.9. The molecule has 3 N–H and O–H groups in total. The van der Waals surface area contributed by atoms with E-state index >= 15 is 0 Å². The van der Waals surface area contributed by atoms with Gasteiger partial charge in [0.2, 0.25) is 11.8 Å². The van der Waals surface area contributed by atoms with Crippen LogP contribution < -0.4 is 20.7 Å². The molecule has 2 rings (SSSR count). The van der Waals surface area contributed by atoms with Crippen molar-refractivity contribution in [3.05, 3.63) is 30.3 Å². The summed E-state index contributed by atoms with van der Waals surface area (Å²) >= 11 is 0. The van der Waals surface area contributed by atoms with Crippen LogP contribution in [0.4, 0.5) is 0 Å². The summed E-state index contributed by atoms with van der Waals surface area (Å²) in [7, 11) is 0. The molecular formula is C18H25N3O4. The molecule has 0 saturated heterocycles. The van der Waals surface area contributed by atoms with Crippen molar-refractivity contribution in [3.8, 4) is 5.75 Å². The Hall–Kier alpha value is -2.57. The highest BCUT2D eigenvalue weighted by Gasteiger charge is 2.26. The molecule has 7 heteroatoms. The topological polar surface area (TPSA) is 96.5 Å². The molecule has 0 radical (unpaired) electrons. The fraction of sp³-hybridized carbons (Fsp3) is 0.500. The summed E-state index contributed by atoms with van der Waals surface area (Å²) in [6.45, 7) is 3.39. The van der Waals surface area contributed by atoms with Gasteiger partial charge in [-0.05, 0) is 30.9 Å². The second kappa shape index (κ2) is 9.05. The highest BCUT2D eigenvalue weighted by atomic mass is 16.5. The largest absolute Gasteiger partial charge is 0.484 e. The Bertz CT molecular complexity index is 600. The number of hydrogen-bond acceptors (Lipinski definition) is 4. The van der Waals surface area contributed by atoms with Crippen molar-refractivity contribution in [3.63, 3.8) is 0 Å². The second-order valence-electron chi connectivity index (χ2n) is 6.45. The van der Waals surface area contributed by atoms with Crippen LogP contribution in [0.25, 0.3) is 0 Å². The van der Waals surface area contributed by atoms with E-state index in [-0.39, 0.29) is 42.8 Å². The molecular weight excluding hydrogens is 322 g/mol. The minimum absolute atomic E-state index is 0.0884. The van der Waals surface area contributed by atoms with Crippen LogP contribution >= 0.6 is 0 Å². The van der Waals surface area contributed by atoms with Gasteiger partial charge in [-0.15, -0.1) is 0 Å². The molecule has 3 amide bonds. The third kappa shape index (κ3) is 6.82. The van der Waals surface area contributed by atoms with E-state index in [9.17, 15) is 14.4 Å². The summed E-state index contributed by atoms with van der Waals surface area (Å²) in [5, 5.41) is 8.02. The SMILES string of the molecule is CC(C)[C@H](NC(=O)COc1ccccc1)C(=O)NCC(=O)NC1CC1. The minimum Gasteiger partial charge on any atom is -0.484 e. The molecule has 1 aliphatic rings. The number of rotatable bonds is 9. The lowest BCUT2D eigenvalue weighted by molar-refractivity contribution is -0.132. The van der Waals surface area contributed by atoms with E-state index in [1.54, 1.807) is 12.1 Å². The monoisotopic (exact) mass is 347 g/mol. The zero-order valence-corrected chi connectivity index (χ0v) is 14.6. The average molecular weight is 347 g/mol. The van der Waals surface area contributed by atoms with E-state index in [1.807, 2.05) is 32.0 Å². The molecule has 136 valence electrons. The molecule has 1 atom stereocenters. The first-order valence-corrected chi connectivity index (χ1v) is 8.50. The van der Waals surface area contributed by atoms with Crippen LogP contribution in [0.5, 0.6) is 5.75 Å². The molecule has 1 aliphatic carbocycles. The maximum Gasteiger partial charge on any atom is 0.258 e. The normalized spacial score (nSPS) is 14.5. The Balaban J connectivity index is 1.76. The highest BCUT2D eigenvalue weighted by Crippen LogP contribution is 2.18. The van der Waals surface area contributed by atoms with Crippen LogP contribution in [0.3, 0.4) is 0 Å². The number of hydrogen-bond donors (Lipinski definition) is 3. The van der Waals surface area contributed by atoms with Crippen LogP contribution in [0.1, 0.15) is 26.7 Å². The lowest BCUT2D eigenvalue weighted by Crippen LogP contribution is -2.52. The summed E-state index contributed by atoms with van der Waals surface area (Å²) < 4.78 is 5.37. The second-order valence-corrected chi connectivity index (χ2v) is 6.45. The molecule has 1 fully saturated rings. The number of carbonyl (C=O) groups is 3. The third-order valence-electron chi connectivity index (χ3n) is 3.74. The minimum atomic E-state index is -0.722. The maximum atomic E-state index is 12.3. The van der Waals surface area contributed by atoms with Crippen LogP contribution in [-0.2, 0) is 14.4 Å². The van der Waals surface area contributed by atoms with E-state index in [2.05, 4.69) is 16.0 Å². The van der Waals surface area contributed by atoms with Crippen molar-refractivity contribution in [2.45, 2.75) is 38.8 Å². The molecule has 0 bridgehead atoms. The first-order valence-electron chi connectivity index (χ1n) is 8.50. The number of carbonyl (C=O) groups excluding carboxylic acids is 3. The van der Waals surface area contributed by atoms with Gasteiger partial charge in [0.05, 0.1) is 6.54 Å². The fourth-order valence-electron chi connectivity index (χ4n) is 2.20. The van der Waals surface area contributed by atoms with Crippen molar-refractivity contribution >= 4 is 17.7 Å². The van der Waals surface area contributed by atoms with E-state index in [1.165, 1.54) is 0 Å². The smallest absolute Gasteiger partial charge is 0.258 e. The lowest BCUT2D eigenvalue weighted by Gasteiger charge is -2.21. The van der Waals surface area contributed by atoms with E-state index in [0.717, 1.165) is 12.8 Å². The molecule has 0 unspecified atom stereocenters. The van der Waals surface area contributed by atoms with Gasteiger partial charge >= 0.3 is 0 Å². The number of benzene rings is 1. The first kappa shape index (κ1) is 18.8. The number of para-hydroxylation sites is 1. The third-order valence-corrected chi connectivity index (χ3v) is 3.74. The van der Waals surface area contributed by atoms with Gasteiger partial charge in [0.25, 0.3) is 5.91 Å². The highest BCUT2D eigenvalue weighted by molar-refractivity contribution is 5.91. The molecule has 0 spiro atoms. The van der Waals surface area contributed by atoms with Gasteiger partial charge < -0.3 is 20.7 Å². The van der Waals surface area contributed by atoms with Gasteiger partial charge in [0.15, 0.2) is 6.61 Å². The Morgan fingerprint density at radius 2 is 1.80 bits per heavy atom.